The van der Waals surface area contributed by atoms with E-state index in [9.17, 15) is 0 Å². The molecule has 0 spiro atoms. The quantitative estimate of drug-likeness (QED) is 0.142. The van der Waals surface area contributed by atoms with Gasteiger partial charge in [-0.15, -0.1) is 11.3 Å². The van der Waals surface area contributed by atoms with Crippen LogP contribution in [0.15, 0.2) is 140 Å². The van der Waals surface area contributed by atoms with E-state index in [0.717, 1.165) is 18.5 Å². The highest BCUT2D eigenvalue weighted by Crippen LogP contribution is 2.50. The molecule has 0 bridgehead atoms. The van der Waals surface area contributed by atoms with Crippen LogP contribution in [0.2, 0.25) is 0 Å². The number of fused-ring (bicyclic) bond motifs is 19. The molecule has 12 rings (SSSR count). The fraction of sp³-hybridized carbons (Fsp3) is 0.106. The summed E-state index contributed by atoms with van der Waals surface area (Å²) >= 11 is 1.92. The maximum absolute atomic E-state index is 4.94. The average Bonchev–Trinajstić information content (AvgIpc) is 3.82. The van der Waals surface area contributed by atoms with Crippen LogP contribution >= 0.6 is 11.3 Å². The molecular weight excluding hydrogens is 639 g/mol. The van der Waals surface area contributed by atoms with Crippen LogP contribution in [-0.4, -0.2) is 4.40 Å². The van der Waals surface area contributed by atoms with Gasteiger partial charge in [-0.25, -0.2) is 0 Å². The Morgan fingerprint density at radius 2 is 1.51 bits per heavy atom. The first-order chi connectivity index (χ1) is 25.1. The van der Waals surface area contributed by atoms with Crippen molar-refractivity contribution in [1.82, 2.24) is 4.40 Å². The normalized spacial score (nSPS) is 17.0. The van der Waals surface area contributed by atoms with E-state index in [4.69, 9.17) is 6.58 Å². The van der Waals surface area contributed by atoms with E-state index in [1.807, 2.05) is 11.3 Å². The molecule has 0 aliphatic carbocycles. The van der Waals surface area contributed by atoms with E-state index in [1.54, 1.807) is 0 Å². The Kier molecular flexibility index (Phi) is 5.42. The number of aryl methyl sites for hydroxylation is 2. The first-order valence-corrected chi connectivity index (χ1v) is 18.8. The molecule has 0 fully saturated rings. The van der Waals surface area contributed by atoms with Gasteiger partial charge in [0.05, 0.1) is 28.0 Å². The largest absolute Gasteiger partial charge is 0.308 e. The number of thiophene rings is 1. The van der Waals surface area contributed by atoms with Crippen LogP contribution < -0.4 is 9.13 Å². The van der Waals surface area contributed by atoms with E-state index in [0.29, 0.717) is 0 Å². The van der Waals surface area contributed by atoms with Crippen molar-refractivity contribution < 1.29 is 9.13 Å². The van der Waals surface area contributed by atoms with Crippen LogP contribution in [0.3, 0.4) is 0 Å². The summed E-state index contributed by atoms with van der Waals surface area (Å²) in [4.78, 5) is 0. The molecule has 2 unspecified atom stereocenters. The van der Waals surface area contributed by atoms with Crippen LogP contribution in [0.5, 0.6) is 0 Å². The Hall–Kier alpha value is -5.84. The molecular formula is C47H33N3S+2. The van der Waals surface area contributed by atoms with Crippen molar-refractivity contribution in [2.24, 2.45) is 0 Å². The molecule has 5 aromatic carbocycles. The molecule has 0 saturated heterocycles. The van der Waals surface area contributed by atoms with E-state index in [1.165, 1.54) is 97.5 Å². The van der Waals surface area contributed by atoms with Gasteiger partial charge in [-0.05, 0) is 86.0 Å². The van der Waals surface area contributed by atoms with Crippen LogP contribution in [0.1, 0.15) is 35.1 Å². The van der Waals surface area contributed by atoms with Crippen LogP contribution in [0.4, 0.5) is 0 Å². The van der Waals surface area contributed by atoms with Gasteiger partial charge in [-0.1, -0.05) is 54.6 Å². The molecule has 2 aliphatic rings. The van der Waals surface area contributed by atoms with Gasteiger partial charge in [0, 0.05) is 71.0 Å². The van der Waals surface area contributed by atoms with Gasteiger partial charge in [-0.2, -0.15) is 9.13 Å². The standard InChI is InChI=1S/C47H33N3S/c1-27-18-21-39-35-24-37-41(50-40-16-7-5-13-32(40)36-25-43-44(45(37)47(36)50)34-14-6-8-17-42(34)51-43)23-29(35)19-20-33-30-11-3-4-12-31(30)38-15-9-10-22-48(38)46(33)28(2)49(39)26-27/h3-18,21-26,33,46H,2,19-20H2,1H3/q+2. The minimum atomic E-state index is 0.0911. The smallest absolute Gasteiger partial charge is 0.249 e. The number of para-hydroxylation sites is 1. The number of benzene rings is 5. The average molecular weight is 672 g/mol. The van der Waals surface area contributed by atoms with Crippen LogP contribution in [0, 0.1) is 6.92 Å². The van der Waals surface area contributed by atoms with Gasteiger partial charge in [0.1, 0.15) is 0 Å². The maximum Gasteiger partial charge on any atom is 0.249 e. The summed E-state index contributed by atoms with van der Waals surface area (Å²) in [7, 11) is 0. The van der Waals surface area contributed by atoms with Gasteiger partial charge in [-0.3, -0.25) is 0 Å². The molecule has 2 atom stereocenters. The molecule has 4 heteroatoms. The van der Waals surface area contributed by atoms with E-state index >= 15 is 0 Å². The lowest BCUT2D eigenvalue weighted by atomic mass is 9.78. The second kappa shape index (κ2) is 9.90. The zero-order valence-corrected chi connectivity index (χ0v) is 29.0. The van der Waals surface area contributed by atoms with E-state index in [-0.39, 0.29) is 12.0 Å². The number of nitrogens with zero attached hydrogens (tertiary/aromatic N) is 3. The Labute approximate surface area is 298 Å². The maximum atomic E-state index is 4.94. The molecule has 2 aliphatic heterocycles. The highest BCUT2D eigenvalue weighted by molar-refractivity contribution is 7.26. The van der Waals surface area contributed by atoms with Crippen LogP contribution in [-0.2, 0) is 6.42 Å². The third-order valence-corrected chi connectivity index (χ3v) is 13.1. The molecule has 7 heterocycles. The predicted octanol–water partition coefficient (Wildman–Crippen LogP) is 11.2. The molecule has 0 saturated carbocycles. The Morgan fingerprint density at radius 3 is 2.45 bits per heavy atom. The lowest BCUT2D eigenvalue weighted by Crippen LogP contribution is -2.53. The predicted molar refractivity (Wildman–Crippen MR) is 212 cm³/mol. The Morgan fingerprint density at radius 1 is 0.686 bits per heavy atom. The molecule has 3 nitrogen and oxygen atoms in total. The molecule has 0 N–H and O–H groups in total. The molecule has 5 aromatic heterocycles. The summed E-state index contributed by atoms with van der Waals surface area (Å²) in [6, 6.07) is 45.8. The zero-order valence-electron chi connectivity index (χ0n) is 28.2. The van der Waals surface area contributed by atoms with Gasteiger partial charge >= 0.3 is 0 Å². The lowest BCUT2D eigenvalue weighted by molar-refractivity contribution is -0.727. The van der Waals surface area contributed by atoms with Gasteiger partial charge in [0.25, 0.3) is 0 Å². The zero-order chi connectivity index (χ0) is 33.5. The number of hydrogen-bond donors (Lipinski definition) is 0. The third-order valence-electron chi connectivity index (χ3n) is 12.0. The van der Waals surface area contributed by atoms with Gasteiger partial charge < -0.3 is 4.40 Å². The van der Waals surface area contributed by atoms with Gasteiger partial charge in [0.15, 0.2) is 12.4 Å². The Bertz CT molecular complexity index is 3140. The summed E-state index contributed by atoms with van der Waals surface area (Å²) < 4.78 is 10.2. The molecule has 51 heavy (non-hydrogen) atoms. The van der Waals surface area contributed by atoms with E-state index < -0.39 is 0 Å². The van der Waals surface area contributed by atoms with Crippen molar-refractivity contribution in [2.75, 3.05) is 0 Å². The fourth-order valence-corrected chi connectivity index (χ4v) is 11.0. The summed E-state index contributed by atoms with van der Waals surface area (Å²) in [6.45, 7) is 7.14. The number of hydrogen-bond acceptors (Lipinski definition) is 1. The first kappa shape index (κ1) is 27.9. The van der Waals surface area contributed by atoms with Crippen LogP contribution in [0.25, 0.3) is 86.5 Å². The summed E-state index contributed by atoms with van der Waals surface area (Å²) in [5, 5.41) is 8.10. The summed E-state index contributed by atoms with van der Waals surface area (Å²) in [5.41, 5.74) is 14.2. The topological polar surface area (TPSA) is 12.2 Å². The van der Waals surface area contributed by atoms with Gasteiger partial charge in [0.2, 0.25) is 23.1 Å². The molecule has 0 radical (unpaired) electrons. The molecule has 10 aromatic rings. The third kappa shape index (κ3) is 3.58. The minimum Gasteiger partial charge on any atom is -0.308 e. The molecule has 240 valence electrons. The monoisotopic (exact) mass is 671 g/mol. The number of allylic oxidation sites excluding steroid dienone is 1. The van der Waals surface area contributed by atoms with Crippen molar-refractivity contribution in [3.63, 3.8) is 0 Å². The van der Waals surface area contributed by atoms with Crippen molar-refractivity contribution in [3.05, 3.63) is 157 Å². The number of pyridine rings is 2. The van der Waals surface area contributed by atoms with Crippen molar-refractivity contribution in [2.45, 2.75) is 31.7 Å². The number of rotatable bonds is 0. The fourth-order valence-electron chi connectivity index (χ4n) is 9.87. The molecule has 0 amide bonds. The van der Waals surface area contributed by atoms with Crippen molar-refractivity contribution >= 4 is 75.3 Å². The van der Waals surface area contributed by atoms with Crippen molar-refractivity contribution in [3.8, 4) is 22.5 Å². The summed E-state index contributed by atoms with van der Waals surface area (Å²) in [5.74, 6) is 0.279. The second-order valence-corrected chi connectivity index (χ2v) is 15.7. The minimum absolute atomic E-state index is 0.0911. The SMILES string of the molecule is C=C1C2C(CCc3cc4c(cc3-c3ccc(C)c[n+]31)c1c3c(cc5c6ccccc6n4c51)sc1ccccc13)c1ccccc1-c1cccc[n+]12. The highest BCUT2D eigenvalue weighted by Gasteiger charge is 2.46. The van der Waals surface area contributed by atoms with Crippen molar-refractivity contribution in [1.29, 1.82) is 0 Å². The summed E-state index contributed by atoms with van der Waals surface area (Å²) in [6.07, 6.45) is 6.57. The highest BCUT2D eigenvalue weighted by atomic mass is 32.1. The second-order valence-electron chi connectivity index (χ2n) is 14.6. The lowest BCUT2D eigenvalue weighted by Gasteiger charge is -2.29. The number of aromatic nitrogens is 3. The Balaban J connectivity index is 1.22. The van der Waals surface area contributed by atoms with E-state index in [2.05, 4.69) is 154 Å². The first-order valence-electron chi connectivity index (χ1n) is 18.0.